The van der Waals surface area contributed by atoms with Crippen LogP contribution in [0.4, 0.5) is 0 Å². The Kier molecular flexibility index (Phi) is 8.48. The molecule has 7 rings (SSSR count). The van der Waals surface area contributed by atoms with Crippen molar-refractivity contribution in [3.05, 3.63) is 117 Å². The minimum absolute atomic E-state index is 0. The summed E-state index contributed by atoms with van der Waals surface area (Å²) in [4.78, 5) is 0. The zero-order valence-electron chi connectivity index (χ0n) is 23.9. The molecule has 1 saturated heterocycles. The van der Waals surface area contributed by atoms with Gasteiger partial charge < -0.3 is 24.8 Å². The van der Waals surface area contributed by atoms with Crippen LogP contribution >= 0.6 is 0 Å². The van der Waals surface area contributed by atoms with Gasteiger partial charge in [-0.15, -0.1) is 0 Å². The topological polar surface area (TPSA) is 0 Å². The first-order valence-corrected chi connectivity index (χ1v) is 20.6. The van der Waals surface area contributed by atoms with Crippen molar-refractivity contribution in [2.24, 2.45) is 11.8 Å². The van der Waals surface area contributed by atoms with Crippen LogP contribution in [-0.2, 0) is 20.3 Å². The third kappa shape index (κ3) is 4.40. The van der Waals surface area contributed by atoms with Crippen molar-refractivity contribution in [2.45, 2.75) is 80.7 Å². The fourth-order valence-corrected chi connectivity index (χ4v) is 32.5. The summed E-state index contributed by atoms with van der Waals surface area (Å²) in [5.41, 5.74) is 14.1. The van der Waals surface area contributed by atoms with Crippen molar-refractivity contribution in [1.82, 2.24) is 0 Å². The Morgan fingerprint density at radius 2 is 0.974 bits per heavy atom. The van der Waals surface area contributed by atoms with Crippen molar-refractivity contribution in [3.8, 4) is 0 Å². The van der Waals surface area contributed by atoms with Crippen LogP contribution in [0.3, 0.4) is 0 Å². The average Bonchev–Trinajstić information content (AvgIpc) is 3.25. The molecule has 0 radical (unpaired) electrons. The smallest absolute Gasteiger partial charge is 1.00 e. The van der Waals surface area contributed by atoms with Gasteiger partial charge in [-0.1, -0.05) is 0 Å². The van der Waals surface area contributed by atoms with Gasteiger partial charge in [-0.2, -0.15) is 0 Å². The second-order valence-corrected chi connectivity index (χ2v) is 23.8. The summed E-state index contributed by atoms with van der Waals surface area (Å²) in [7, 11) is 0. The molecule has 1 fully saturated rings. The molecule has 204 valence electrons. The number of benzene rings is 2. The second-order valence-electron chi connectivity index (χ2n) is 13.0. The Morgan fingerprint density at radius 3 is 1.36 bits per heavy atom. The fraction of sp³-hybridized carbons (Fsp3) is 0.444. The second kappa shape index (κ2) is 11.3. The van der Waals surface area contributed by atoms with Crippen LogP contribution in [0.2, 0.25) is 7.25 Å². The van der Waals surface area contributed by atoms with Crippen molar-refractivity contribution in [1.29, 1.82) is 0 Å². The van der Waals surface area contributed by atoms with Gasteiger partial charge in [0.2, 0.25) is 0 Å². The van der Waals surface area contributed by atoms with Gasteiger partial charge in [0.15, 0.2) is 0 Å². The number of allylic oxidation sites excluding steroid dienone is 8. The summed E-state index contributed by atoms with van der Waals surface area (Å²) in [6.07, 6.45) is 13.6. The summed E-state index contributed by atoms with van der Waals surface area (Å²) in [6, 6.07) is 23.6. The molecule has 1 heterocycles. The van der Waals surface area contributed by atoms with Gasteiger partial charge in [-0.05, 0) is 0 Å². The first-order valence-electron chi connectivity index (χ1n) is 15.0. The summed E-state index contributed by atoms with van der Waals surface area (Å²) < 4.78 is 3.04. The predicted molar refractivity (Wildman–Crippen MR) is 153 cm³/mol. The van der Waals surface area contributed by atoms with Crippen molar-refractivity contribution >= 4 is 0 Å². The molecular formula is C36H42Cl2Zr. The number of halogens is 2. The molecule has 0 saturated carbocycles. The number of hydrogen-bond acceptors (Lipinski definition) is 0. The molecule has 0 nitrogen and oxygen atoms in total. The van der Waals surface area contributed by atoms with Crippen molar-refractivity contribution < 1.29 is 45.1 Å². The minimum Gasteiger partial charge on any atom is -1.00 e. The Labute approximate surface area is 253 Å². The molecule has 0 aromatic heterocycles. The van der Waals surface area contributed by atoms with Gasteiger partial charge in [0.25, 0.3) is 0 Å². The SMILES string of the molecule is CC1=CC2=C(CCCC2C)[CH]1[Zr+2]1([CH]2C(C)=CC3=C2CCCC3C)[CH](c2ccccc2)[CH]1c1ccccc1.[Cl-].[Cl-]. The first-order chi connectivity index (χ1) is 18.0. The molecule has 0 amide bonds. The van der Waals surface area contributed by atoms with Gasteiger partial charge in [0.05, 0.1) is 0 Å². The Hall–Kier alpha value is -1.14. The van der Waals surface area contributed by atoms with Crippen LogP contribution in [0.1, 0.15) is 84.6 Å². The maximum atomic E-state index is 2.69. The van der Waals surface area contributed by atoms with Crippen LogP contribution in [0.5, 0.6) is 0 Å². The number of rotatable bonds is 4. The summed E-state index contributed by atoms with van der Waals surface area (Å²) in [5.74, 6) is 1.47. The zero-order chi connectivity index (χ0) is 25.3. The Bertz CT molecular complexity index is 1240. The van der Waals surface area contributed by atoms with E-state index in [-0.39, 0.29) is 24.8 Å². The molecule has 39 heavy (non-hydrogen) atoms. The predicted octanol–water partition coefficient (Wildman–Crippen LogP) is 4.37. The van der Waals surface area contributed by atoms with Crippen molar-refractivity contribution in [3.63, 3.8) is 0 Å². The van der Waals surface area contributed by atoms with Gasteiger partial charge in [0.1, 0.15) is 0 Å². The van der Waals surface area contributed by atoms with E-state index in [0.29, 0.717) is 0 Å². The van der Waals surface area contributed by atoms with E-state index < -0.39 is 20.3 Å². The molecule has 6 atom stereocenters. The normalized spacial score (nSPS) is 33.2. The van der Waals surface area contributed by atoms with E-state index in [2.05, 4.69) is 101 Å². The summed E-state index contributed by atoms with van der Waals surface area (Å²) in [5, 5.41) is 0. The zero-order valence-corrected chi connectivity index (χ0v) is 27.9. The van der Waals surface area contributed by atoms with Crippen LogP contribution in [-0.4, -0.2) is 0 Å². The maximum Gasteiger partial charge on any atom is -1.00 e. The van der Waals surface area contributed by atoms with E-state index in [1.807, 2.05) is 11.1 Å². The van der Waals surface area contributed by atoms with E-state index in [4.69, 9.17) is 0 Å². The third-order valence-electron chi connectivity index (χ3n) is 11.0. The monoisotopic (exact) mass is 634 g/mol. The van der Waals surface area contributed by atoms with E-state index in [1.165, 1.54) is 38.5 Å². The van der Waals surface area contributed by atoms with Crippen LogP contribution in [0, 0.1) is 11.8 Å². The van der Waals surface area contributed by atoms with E-state index in [0.717, 1.165) is 26.3 Å². The van der Waals surface area contributed by atoms with Gasteiger partial charge in [-0.3, -0.25) is 0 Å². The fourth-order valence-electron chi connectivity index (χ4n) is 9.72. The van der Waals surface area contributed by atoms with Crippen molar-refractivity contribution in [2.75, 3.05) is 0 Å². The molecule has 2 aromatic carbocycles. The summed E-state index contributed by atoms with van der Waals surface area (Å²) >= 11 is -3.09. The van der Waals surface area contributed by atoms with Crippen LogP contribution < -0.4 is 24.8 Å². The maximum absolute atomic E-state index is 3.09. The molecule has 0 N–H and O–H groups in total. The van der Waals surface area contributed by atoms with Crippen LogP contribution in [0.15, 0.2) is 106 Å². The average molecular weight is 637 g/mol. The van der Waals surface area contributed by atoms with E-state index in [1.54, 1.807) is 33.4 Å². The molecule has 0 bridgehead atoms. The van der Waals surface area contributed by atoms with Gasteiger partial charge in [0, 0.05) is 0 Å². The van der Waals surface area contributed by atoms with E-state index in [9.17, 15) is 0 Å². The number of hydrogen-bond donors (Lipinski definition) is 0. The molecule has 2 aromatic rings. The summed E-state index contributed by atoms with van der Waals surface area (Å²) in [6.45, 7) is 10.1. The van der Waals surface area contributed by atoms with E-state index >= 15 is 0 Å². The molecule has 3 heteroatoms. The van der Waals surface area contributed by atoms with Gasteiger partial charge in [-0.25, -0.2) is 0 Å². The largest absolute Gasteiger partial charge is 1.00 e. The quantitative estimate of drug-likeness (QED) is 0.468. The van der Waals surface area contributed by atoms with Crippen LogP contribution in [0.25, 0.3) is 0 Å². The molecule has 6 unspecified atom stereocenters. The third-order valence-corrected chi connectivity index (χ3v) is 27.5. The molecule has 0 spiro atoms. The molecule has 5 aliphatic rings. The van der Waals surface area contributed by atoms with Gasteiger partial charge >= 0.3 is 230 Å². The molecule has 1 aliphatic heterocycles. The standard InChI is InChI=1S/C14H12.2C11H15.2ClH.Zr/c1-3-7-13(8-4-1)11-12-14-9-5-2-6-10-14;2*1-8-6-10-5-3-4-9(2)11(10)7-8;;;/h1-12H;2*6-7,9H,3-5H2,1-2H3;2*1H;/q;;;;;+2/p-2. The Balaban J connectivity index is 0.00000154. The molecular weight excluding hydrogens is 595 g/mol. The Morgan fingerprint density at radius 1 is 0.590 bits per heavy atom. The molecule has 4 aliphatic carbocycles. The minimum atomic E-state index is -3.09. The first kappa shape index (κ1) is 29.4.